The van der Waals surface area contributed by atoms with Crippen molar-refractivity contribution in [2.24, 2.45) is 0 Å². The molecular formula is C43H73NO34. The van der Waals surface area contributed by atoms with Crippen molar-refractivity contribution in [2.75, 3.05) is 52.9 Å². The third kappa shape index (κ3) is 13.7. The minimum absolute atomic E-state index is 0.255. The van der Waals surface area contributed by atoms with Crippen molar-refractivity contribution < 1.29 is 170 Å². The van der Waals surface area contributed by atoms with Crippen LogP contribution in [0.15, 0.2) is 11.6 Å². The molecule has 0 amide bonds. The van der Waals surface area contributed by atoms with Crippen molar-refractivity contribution in [1.29, 1.82) is 0 Å². The Balaban J connectivity index is 1.07. The Morgan fingerprint density at radius 2 is 0.756 bits per heavy atom. The number of Topliss-reactive ketones (excluding diaryl/α,β-unsaturated/α-hetero) is 1. The van der Waals surface area contributed by atoms with E-state index in [-0.39, 0.29) is 5.57 Å². The maximum atomic E-state index is 12.6. The number of rotatable bonds is 23. The number of carbonyl (C=O) groups excluding carboxylic acids is 1. The highest BCUT2D eigenvalue weighted by molar-refractivity contribution is 5.88. The lowest BCUT2D eigenvalue weighted by Crippen LogP contribution is -2.68. The molecule has 0 aromatic rings. The van der Waals surface area contributed by atoms with E-state index in [4.69, 9.17) is 47.4 Å². The minimum Gasteiger partial charge on any atom is -0.394 e. The van der Waals surface area contributed by atoms with Crippen LogP contribution >= 0.6 is 0 Å². The maximum absolute atomic E-state index is 12.6. The Morgan fingerprint density at radius 1 is 0.423 bits per heavy atom. The lowest BCUT2D eigenvalue weighted by Gasteiger charge is -2.49. The van der Waals surface area contributed by atoms with Gasteiger partial charge in [0.25, 0.3) is 0 Å². The standard InChI is InChI=1S/C43H73NO34/c45-2-10-1-11(44-19(12(53)3-46)21(56)13(54)4-47)20(55)24(59)34(10)74-40-30(65)25(60)36(15(6-49)70-40)76-42-32(67)27(62)38(17(8-51)72-42)78-43-33(68)28(63)37(18(9-52)73-43)77-41-31(66)26(61)35(16(7-50)71-41)75-39-29(64)23(58)22(57)14(5-48)69-39/h1,11-20,22-55,57-68H,2-9H2. The van der Waals surface area contributed by atoms with Crippen molar-refractivity contribution in [2.45, 2.75) is 196 Å². The second kappa shape index (κ2) is 28.6. The second-order valence-corrected chi connectivity index (χ2v) is 19.4. The van der Waals surface area contributed by atoms with Crippen molar-refractivity contribution in [3.8, 4) is 0 Å². The zero-order chi connectivity index (χ0) is 57.8. The molecule has 5 heterocycles. The van der Waals surface area contributed by atoms with E-state index in [0.717, 1.165) is 6.08 Å². The van der Waals surface area contributed by atoms with Gasteiger partial charge in [0.05, 0.1) is 71.0 Å². The predicted molar refractivity (Wildman–Crippen MR) is 238 cm³/mol. The normalized spacial score (nSPS) is 47.7. The smallest absolute Gasteiger partial charge is 0.187 e. The van der Waals surface area contributed by atoms with Gasteiger partial charge in [-0.05, 0) is 5.57 Å². The first-order valence-corrected chi connectivity index (χ1v) is 24.6. The molecule has 32 unspecified atom stereocenters. The van der Waals surface area contributed by atoms with Crippen molar-refractivity contribution in [3.05, 3.63) is 11.6 Å². The van der Waals surface area contributed by atoms with Crippen LogP contribution in [0, 0.1) is 0 Å². The molecule has 6 aliphatic rings. The highest BCUT2D eigenvalue weighted by Crippen LogP contribution is 2.37. The molecule has 6 rings (SSSR count). The van der Waals surface area contributed by atoms with E-state index in [1.54, 1.807) is 0 Å². The molecule has 454 valence electrons. The molecule has 5 fully saturated rings. The number of hydrogen-bond donors (Lipinski definition) is 24. The number of aliphatic hydroxyl groups is 23. The van der Waals surface area contributed by atoms with Gasteiger partial charge in [0, 0.05) is 0 Å². The summed E-state index contributed by atoms with van der Waals surface area (Å²) in [6.07, 6.45) is -57.4. The number of hydrogen-bond acceptors (Lipinski definition) is 35. The maximum Gasteiger partial charge on any atom is 0.187 e. The number of nitrogens with one attached hydrogen (secondary N) is 1. The van der Waals surface area contributed by atoms with Crippen LogP contribution in [0.25, 0.3) is 0 Å². The summed E-state index contributed by atoms with van der Waals surface area (Å²) in [5, 5.41) is 244. The molecule has 0 aromatic carbocycles. The van der Waals surface area contributed by atoms with Gasteiger partial charge in [-0.2, -0.15) is 0 Å². The molecule has 24 N–H and O–H groups in total. The van der Waals surface area contributed by atoms with E-state index < -0.39 is 255 Å². The Labute approximate surface area is 440 Å². The number of aliphatic hydroxyl groups excluding tert-OH is 23. The van der Waals surface area contributed by atoms with Crippen LogP contribution in [0.2, 0.25) is 0 Å². The van der Waals surface area contributed by atoms with E-state index in [1.807, 2.05) is 0 Å². The molecule has 32 atom stereocenters. The Kier molecular flexibility index (Phi) is 23.9. The van der Waals surface area contributed by atoms with Gasteiger partial charge in [-0.1, -0.05) is 6.08 Å². The van der Waals surface area contributed by atoms with Gasteiger partial charge in [0.15, 0.2) is 37.2 Å². The van der Waals surface area contributed by atoms with Gasteiger partial charge < -0.3 is 165 Å². The van der Waals surface area contributed by atoms with E-state index in [1.165, 1.54) is 0 Å². The minimum atomic E-state index is -2.23. The monoisotopic (exact) mass is 1150 g/mol. The molecule has 5 aliphatic heterocycles. The third-order valence-electron chi connectivity index (χ3n) is 14.3. The largest absolute Gasteiger partial charge is 0.394 e. The summed E-state index contributed by atoms with van der Waals surface area (Å²) in [5.41, 5.74) is -0.255. The molecule has 0 aromatic heterocycles. The molecule has 0 saturated carbocycles. The summed E-state index contributed by atoms with van der Waals surface area (Å²) in [4.78, 5) is 12.6. The predicted octanol–water partition coefficient (Wildman–Crippen LogP) is -16.3. The molecule has 35 heteroatoms. The van der Waals surface area contributed by atoms with Crippen LogP contribution in [-0.4, -0.2) is 372 Å². The molecule has 0 radical (unpaired) electrons. The Hall–Kier alpha value is -1.95. The molecular weight excluding hydrogens is 1070 g/mol. The SMILES string of the molecule is O=C(C(O)CO)C(NC1C=C(CO)C(OC2OC(CO)C(OC3OC(CO)C(OC4OC(CO)C(OC5OC(CO)C(OC6OC(CO)C(O)C(O)C6O)C(O)C5O)C(O)C4O)C(O)C3O)C(O)C2O)C(O)C1O)C(O)CO. The van der Waals surface area contributed by atoms with Crippen LogP contribution in [0.4, 0.5) is 0 Å². The number of ether oxygens (including phenoxy) is 10. The summed E-state index contributed by atoms with van der Waals surface area (Å²) in [6.45, 7) is -8.04. The van der Waals surface area contributed by atoms with Crippen LogP contribution in [0.1, 0.15) is 0 Å². The van der Waals surface area contributed by atoms with Crippen molar-refractivity contribution >= 4 is 5.78 Å². The first kappa shape index (κ1) is 65.2. The second-order valence-electron chi connectivity index (χ2n) is 19.4. The summed E-state index contributed by atoms with van der Waals surface area (Å²) in [7, 11) is 0. The first-order valence-electron chi connectivity index (χ1n) is 24.6. The van der Waals surface area contributed by atoms with E-state index >= 15 is 0 Å². The molecule has 78 heavy (non-hydrogen) atoms. The van der Waals surface area contributed by atoms with Gasteiger partial charge in [0.1, 0.15) is 146 Å². The molecule has 0 bridgehead atoms. The van der Waals surface area contributed by atoms with Crippen LogP contribution in [0.3, 0.4) is 0 Å². The highest BCUT2D eigenvalue weighted by atomic mass is 16.8. The van der Waals surface area contributed by atoms with E-state index in [0.29, 0.717) is 0 Å². The number of ketones is 1. The topological polar surface area (TPSA) is 587 Å². The molecule has 1 aliphatic carbocycles. The zero-order valence-corrected chi connectivity index (χ0v) is 41.0. The molecule has 5 saturated heterocycles. The summed E-state index contributed by atoms with van der Waals surface area (Å²) in [5.74, 6) is -1.21. The number of carbonyl (C=O) groups is 1. The lowest BCUT2D eigenvalue weighted by atomic mass is 9.86. The molecule has 0 spiro atoms. The van der Waals surface area contributed by atoms with Crippen LogP contribution in [-0.2, 0) is 52.2 Å². The fourth-order valence-electron chi connectivity index (χ4n) is 9.76. The first-order chi connectivity index (χ1) is 37.0. The third-order valence-corrected chi connectivity index (χ3v) is 14.3. The van der Waals surface area contributed by atoms with Crippen LogP contribution < -0.4 is 5.32 Å². The van der Waals surface area contributed by atoms with Crippen molar-refractivity contribution in [1.82, 2.24) is 5.32 Å². The summed E-state index contributed by atoms with van der Waals surface area (Å²) < 4.78 is 55.9. The van der Waals surface area contributed by atoms with Crippen LogP contribution in [0.5, 0.6) is 0 Å². The Bertz CT molecular complexity index is 1870. The molecule has 35 nitrogen and oxygen atoms in total. The van der Waals surface area contributed by atoms with Gasteiger partial charge in [0.2, 0.25) is 0 Å². The van der Waals surface area contributed by atoms with Gasteiger partial charge in [-0.25, -0.2) is 0 Å². The highest BCUT2D eigenvalue weighted by Gasteiger charge is 2.57. The summed E-state index contributed by atoms with van der Waals surface area (Å²) in [6, 6.07) is -3.34. The van der Waals surface area contributed by atoms with Gasteiger partial charge >= 0.3 is 0 Å². The average Bonchev–Trinajstić information content (AvgIpc) is 3.44. The van der Waals surface area contributed by atoms with Gasteiger partial charge in [-0.15, -0.1) is 0 Å². The van der Waals surface area contributed by atoms with E-state index in [2.05, 4.69) is 5.32 Å². The fraction of sp³-hybridized carbons (Fsp3) is 0.930. The average molecular weight is 1150 g/mol. The Morgan fingerprint density at radius 3 is 1.08 bits per heavy atom. The van der Waals surface area contributed by atoms with Crippen molar-refractivity contribution in [3.63, 3.8) is 0 Å². The summed E-state index contributed by atoms with van der Waals surface area (Å²) >= 11 is 0. The quantitative estimate of drug-likeness (QED) is 0.0423. The van der Waals surface area contributed by atoms with Gasteiger partial charge in [-0.3, -0.25) is 10.1 Å². The van der Waals surface area contributed by atoms with E-state index in [9.17, 15) is 122 Å². The fourth-order valence-corrected chi connectivity index (χ4v) is 9.76. The lowest BCUT2D eigenvalue weighted by molar-refractivity contribution is -0.394. The zero-order valence-electron chi connectivity index (χ0n) is 41.0.